The zero-order valence-electron chi connectivity index (χ0n) is 10.5. The molecule has 1 saturated heterocycles. The van der Waals surface area contributed by atoms with Crippen LogP contribution in [0.2, 0.25) is 0 Å². The lowest BCUT2D eigenvalue weighted by molar-refractivity contribution is -0.142. The van der Waals surface area contributed by atoms with Crippen LogP contribution in [-0.4, -0.2) is 48.8 Å². The molecule has 7 nitrogen and oxygen atoms in total. The summed E-state index contributed by atoms with van der Waals surface area (Å²) in [7, 11) is -3.36. The summed E-state index contributed by atoms with van der Waals surface area (Å²) in [5.41, 5.74) is 0. The third kappa shape index (κ3) is 3.19. The van der Waals surface area contributed by atoms with Crippen LogP contribution in [0.5, 0.6) is 0 Å². The number of aromatic nitrogens is 2. The third-order valence-corrected chi connectivity index (χ3v) is 4.16. The number of carboxylic acid groups (broad SMARTS) is 1. The Morgan fingerprint density at radius 3 is 2.53 bits per heavy atom. The largest absolute Gasteiger partial charge is 0.481 e. The molecule has 0 saturated carbocycles. The molecule has 0 aromatic carbocycles. The van der Waals surface area contributed by atoms with Crippen LogP contribution in [-0.2, 0) is 14.6 Å². The summed E-state index contributed by atoms with van der Waals surface area (Å²) in [6.45, 7) is 1.11. The first-order valence-corrected chi connectivity index (χ1v) is 7.77. The van der Waals surface area contributed by atoms with Gasteiger partial charge in [0.1, 0.15) is 12.1 Å². The van der Waals surface area contributed by atoms with E-state index >= 15 is 0 Å². The number of sulfone groups is 1. The van der Waals surface area contributed by atoms with Crippen LogP contribution in [0.25, 0.3) is 0 Å². The molecule has 2 rings (SSSR count). The van der Waals surface area contributed by atoms with Crippen molar-refractivity contribution in [1.29, 1.82) is 0 Å². The number of carboxylic acids is 1. The highest BCUT2D eigenvalue weighted by Gasteiger charge is 2.25. The molecule has 0 aliphatic carbocycles. The number of carbonyl (C=O) groups is 1. The molecule has 104 valence electrons. The molecule has 1 N–H and O–H groups in total. The van der Waals surface area contributed by atoms with E-state index in [0.29, 0.717) is 31.7 Å². The Bertz CT molecular complexity index is 579. The van der Waals surface area contributed by atoms with Crippen molar-refractivity contribution in [2.75, 3.05) is 24.2 Å². The average molecular weight is 285 g/mol. The summed E-state index contributed by atoms with van der Waals surface area (Å²) >= 11 is 0. The van der Waals surface area contributed by atoms with Gasteiger partial charge in [-0.15, -0.1) is 0 Å². The van der Waals surface area contributed by atoms with Gasteiger partial charge in [0, 0.05) is 25.4 Å². The van der Waals surface area contributed by atoms with Crippen LogP contribution < -0.4 is 4.90 Å². The zero-order valence-corrected chi connectivity index (χ0v) is 11.3. The topological polar surface area (TPSA) is 100 Å². The van der Waals surface area contributed by atoms with Crippen LogP contribution in [0.1, 0.15) is 12.8 Å². The van der Waals surface area contributed by atoms with Gasteiger partial charge in [0.25, 0.3) is 0 Å². The molecule has 0 bridgehead atoms. The lowest BCUT2D eigenvalue weighted by Crippen LogP contribution is -2.36. The summed E-state index contributed by atoms with van der Waals surface area (Å²) in [6.07, 6.45) is 3.38. The van der Waals surface area contributed by atoms with E-state index in [4.69, 9.17) is 5.11 Å². The Kier molecular flexibility index (Phi) is 3.70. The van der Waals surface area contributed by atoms with E-state index in [1.165, 1.54) is 12.4 Å². The molecule has 0 unspecified atom stereocenters. The van der Waals surface area contributed by atoms with Gasteiger partial charge >= 0.3 is 5.97 Å². The van der Waals surface area contributed by atoms with Crippen LogP contribution in [0, 0.1) is 5.92 Å². The van der Waals surface area contributed by atoms with Gasteiger partial charge in [-0.1, -0.05) is 0 Å². The van der Waals surface area contributed by atoms with E-state index in [2.05, 4.69) is 9.97 Å². The molecule has 2 heterocycles. The molecule has 0 radical (unpaired) electrons. The van der Waals surface area contributed by atoms with Crippen molar-refractivity contribution in [2.24, 2.45) is 5.92 Å². The Labute approximate surface area is 111 Å². The molecule has 1 aliphatic rings. The first-order valence-electron chi connectivity index (χ1n) is 5.88. The van der Waals surface area contributed by atoms with E-state index in [-0.39, 0.29) is 10.9 Å². The van der Waals surface area contributed by atoms with E-state index < -0.39 is 15.8 Å². The normalized spacial score (nSPS) is 17.4. The van der Waals surface area contributed by atoms with Crippen molar-refractivity contribution >= 4 is 21.6 Å². The SMILES string of the molecule is CS(=O)(=O)c1cc(N2CCC(C(=O)O)CC2)ncn1. The number of anilines is 1. The summed E-state index contributed by atoms with van der Waals surface area (Å²) < 4.78 is 22.8. The third-order valence-electron chi connectivity index (χ3n) is 3.18. The summed E-state index contributed by atoms with van der Waals surface area (Å²) in [6, 6.07) is 1.43. The number of piperidine rings is 1. The van der Waals surface area contributed by atoms with E-state index in [1.54, 1.807) is 0 Å². The number of rotatable bonds is 3. The van der Waals surface area contributed by atoms with Crippen molar-refractivity contribution in [1.82, 2.24) is 9.97 Å². The first-order chi connectivity index (χ1) is 8.88. The lowest BCUT2D eigenvalue weighted by atomic mass is 9.97. The predicted molar refractivity (Wildman–Crippen MR) is 67.7 cm³/mol. The minimum atomic E-state index is -3.36. The number of hydrogen-bond donors (Lipinski definition) is 1. The minimum absolute atomic E-state index is 0.0159. The maximum atomic E-state index is 11.4. The van der Waals surface area contributed by atoms with Gasteiger partial charge in [0.05, 0.1) is 5.92 Å². The van der Waals surface area contributed by atoms with Crippen molar-refractivity contribution in [3.8, 4) is 0 Å². The van der Waals surface area contributed by atoms with E-state index in [1.807, 2.05) is 4.90 Å². The number of hydrogen-bond acceptors (Lipinski definition) is 6. The van der Waals surface area contributed by atoms with Crippen molar-refractivity contribution in [3.63, 3.8) is 0 Å². The summed E-state index contributed by atoms with van der Waals surface area (Å²) in [4.78, 5) is 20.5. The summed E-state index contributed by atoms with van der Waals surface area (Å²) in [5.74, 6) is -0.578. The molecule has 19 heavy (non-hydrogen) atoms. The second kappa shape index (κ2) is 5.12. The first kappa shape index (κ1) is 13.7. The highest BCUT2D eigenvalue weighted by molar-refractivity contribution is 7.90. The smallest absolute Gasteiger partial charge is 0.306 e. The molecule has 1 aliphatic heterocycles. The molecule has 1 aromatic heterocycles. The fraction of sp³-hybridized carbons (Fsp3) is 0.545. The van der Waals surface area contributed by atoms with Gasteiger partial charge in [-0.05, 0) is 12.8 Å². The lowest BCUT2D eigenvalue weighted by Gasteiger charge is -2.30. The highest BCUT2D eigenvalue weighted by Crippen LogP contribution is 2.22. The van der Waals surface area contributed by atoms with Crippen LogP contribution in [0.15, 0.2) is 17.4 Å². The average Bonchev–Trinajstić information content (AvgIpc) is 2.38. The fourth-order valence-corrected chi connectivity index (χ4v) is 2.62. The Hall–Kier alpha value is -1.70. The van der Waals surface area contributed by atoms with Gasteiger partial charge in [-0.3, -0.25) is 4.79 Å². The molecular weight excluding hydrogens is 270 g/mol. The quantitative estimate of drug-likeness (QED) is 0.791. The monoisotopic (exact) mass is 285 g/mol. The summed E-state index contributed by atoms with van der Waals surface area (Å²) in [5, 5.41) is 8.91. The molecule has 0 spiro atoms. The molecule has 0 amide bonds. The molecule has 8 heteroatoms. The van der Waals surface area contributed by atoms with Crippen molar-refractivity contribution < 1.29 is 18.3 Å². The van der Waals surface area contributed by atoms with Crippen LogP contribution >= 0.6 is 0 Å². The van der Waals surface area contributed by atoms with E-state index in [9.17, 15) is 13.2 Å². The van der Waals surface area contributed by atoms with Gasteiger partial charge in [-0.2, -0.15) is 0 Å². The van der Waals surface area contributed by atoms with Crippen LogP contribution in [0.3, 0.4) is 0 Å². The van der Waals surface area contributed by atoms with Crippen LogP contribution in [0.4, 0.5) is 5.82 Å². The van der Waals surface area contributed by atoms with Gasteiger partial charge in [-0.25, -0.2) is 18.4 Å². The molecule has 1 fully saturated rings. The Morgan fingerprint density at radius 1 is 1.37 bits per heavy atom. The Balaban J connectivity index is 2.14. The predicted octanol–water partition coefficient (Wildman–Crippen LogP) is 0.181. The fourth-order valence-electron chi connectivity index (χ4n) is 2.06. The van der Waals surface area contributed by atoms with Gasteiger partial charge < -0.3 is 10.0 Å². The maximum Gasteiger partial charge on any atom is 0.306 e. The van der Waals surface area contributed by atoms with Crippen molar-refractivity contribution in [2.45, 2.75) is 17.9 Å². The number of nitrogens with zero attached hydrogens (tertiary/aromatic N) is 3. The number of aliphatic carboxylic acids is 1. The molecule has 0 atom stereocenters. The Morgan fingerprint density at radius 2 is 2.00 bits per heavy atom. The molecule has 1 aromatic rings. The van der Waals surface area contributed by atoms with E-state index in [0.717, 1.165) is 6.26 Å². The molecular formula is C11H15N3O4S. The maximum absolute atomic E-state index is 11.4. The zero-order chi connectivity index (χ0) is 14.0. The van der Waals surface area contributed by atoms with Gasteiger partial charge in [0.2, 0.25) is 0 Å². The highest BCUT2D eigenvalue weighted by atomic mass is 32.2. The standard InChI is InChI=1S/C11H15N3O4S/c1-19(17,18)10-6-9(12-7-13-10)14-4-2-8(3-5-14)11(15)16/h6-8H,2-5H2,1H3,(H,15,16). The van der Waals surface area contributed by atoms with Crippen molar-refractivity contribution in [3.05, 3.63) is 12.4 Å². The second-order valence-corrected chi connectivity index (χ2v) is 6.55. The van der Waals surface area contributed by atoms with Gasteiger partial charge in [0.15, 0.2) is 14.9 Å². The second-order valence-electron chi connectivity index (χ2n) is 4.59. The minimum Gasteiger partial charge on any atom is -0.481 e.